The number of likely N-dealkylation sites (tertiary alicyclic amines) is 1. The standard InChI is InChI=1S/C22H23N7O2S/c1-31-17-9-15-13(10-25-27-15)8-16(17)26-20-19-14-4-7-29(22(30)28-5-2-3-6-28)11-18(14)32-21(19)24-12-23-20/h8-10,12H,2-7,11H2,1H3,(H,25,27)(H,23,24,26). The molecule has 5 heterocycles. The zero-order valence-corrected chi connectivity index (χ0v) is 18.5. The highest BCUT2D eigenvalue weighted by molar-refractivity contribution is 7.19. The summed E-state index contributed by atoms with van der Waals surface area (Å²) in [6.45, 7) is 3.09. The minimum absolute atomic E-state index is 0.160. The van der Waals surface area contributed by atoms with Crippen LogP contribution in [0.1, 0.15) is 23.3 Å². The molecule has 164 valence electrons. The second-order valence-corrected chi connectivity index (χ2v) is 9.27. The zero-order chi connectivity index (χ0) is 21.7. The van der Waals surface area contributed by atoms with E-state index in [-0.39, 0.29) is 6.03 Å². The highest BCUT2D eigenvalue weighted by atomic mass is 32.1. The number of amides is 2. The van der Waals surface area contributed by atoms with Gasteiger partial charge in [0.15, 0.2) is 0 Å². The maximum absolute atomic E-state index is 12.9. The number of rotatable bonds is 3. The number of aromatic nitrogens is 4. The molecule has 2 amide bonds. The topological polar surface area (TPSA) is 99.3 Å². The molecule has 0 spiro atoms. The van der Waals surface area contributed by atoms with Gasteiger partial charge in [0.05, 0.1) is 36.4 Å². The Balaban J connectivity index is 1.35. The number of anilines is 2. The van der Waals surface area contributed by atoms with Gasteiger partial charge in [-0.15, -0.1) is 11.3 Å². The molecule has 3 aromatic heterocycles. The van der Waals surface area contributed by atoms with Crippen LogP contribution in [0.2, 0.25) is 0 Å². The second-order valence-electron chi connectivity index (χ2n) is 8.19. The molecule has 10 heteroatoms. The van der Waals surface area contributed by atoms with E-state index in [0.29, 0.717) is 18.8 Å². The van der Waals surface area contributed by atoms with Gasteiger partial charge in [0.1, 0.15) is 22.7 Å². The maximum Gasteiger partial charge on any atom is 0.320 e. The second kappa shape index (κ2) is 7.63. The van der Waals surface area contributed by atoms with Crippen molar-refractivity contribution in [3.63, 3.8) is 0 Å². The fourth-order valence-electron chi connectivity index (χ4n) is 4.66. The number of benzene rings is 1. The van der Waals surface area contributed by atoms with Crippen molar-refractivity contribution in [1.82, 2.24) is 30.0 Å². The van der Waals surface area contributed by atoms with E-state index in [4.69, 9.17) is 4.74 Å². The SMILES string of the molecule is COc1cc2[nH]ncc2cc1Nc1ncnc2sc3c(c12)CCN(C(=O)N1CCCC1)C3. The molecule has 9 nitrogen and oxygen atoms in total. The van der Waals surface area contributed by atoms with Crippen molar-refractivity contribution in [2.75, 3.05) is 32.1 Å². The Kier molecular flexibility index (Phi) is 4.60. The Hall–Kier alpha value is -3.40. The van der Waals surface area contributed by atoms with Gasteiger partial charge in [0.2, 0.25) is 0 Å². The molecule has 2 N–H and O–H groups in total. The Morgan fingerprint density at radius 1 is 1.19 bits per heavy atom. The molecule has 0 atom stereocenters. The lowest BCUT2D eigenvalue weighted by Gasteiger charge is -2.31. The molecular formula is C22H23N7O2S. The number of ether oxygens (including phenoxy) is 1. The van der Waals surface area contributed by atoms with E-state index < -0.39 is 0 Å². The number of fused-ring (bicyclic) bond motifs is 4. The molecule has 32 heavy (non-hydrogen) atoms. The van der Waals surface area contributed by atoms with Crippen LogP contribution in [0, 0.1) is 0 Å². The molecule has 6 rings (SSSR count). The van der Waals surface area contributed by atoms with Crippen LogP contribution in [0.3, 0.4) is 0 Å². The highest BCUT2D eigenvalue weighted by Gasteiger charge is 2.30. The number of urea groups is 1. The van der Waals surface area contributed by atoms with Gasteiger partial charge in [-0.05, 0) is 30.9 Å². The van der Waals surface area contributed by atoms with Gasteiger partial charge >= 0.3 is 6.03 Å². The number of H-pyrrole nitrogens is 1. The quantitative estimate of drug-likeness (QED) is 0.492. The van der Waals surface area contributed by atoms with E-state index in [2.05, 4.69) is 25.5 Å². The first-order valence-electron chi connectivity index (χ1n) is 10.8. The summed E-state index contributed by atoms with van der Waals surface area (Å²) in [5, 5.41) is 12.6. The molecule has 0 unspecified atom stereocenters. The van der Waals surface area contributed by atoms with Gasteiger partial charge in [0, 0.05) is 36.0 Å². The van der Waals surface area contributed by atoms with Gasteiger partial charge in [-0.1, -0.05) is 0 Å². The number of methoxy groups -OCH3 is 1. The zero-order valence-electron chi connectivity index (χ0n) is 17.7. The molecule has 0 aliphatic carbocycles. The van der Waals surface area contributed by atoms with E-state index in [9.17, 15) is 4.79 Å². The molecule has 1 aromatic carbocycles. The number of aromatic amines is 1. The van der Waals surface area contributed by atoms with Crippen molar-refractivity contribution in [3.8, 4) is 5.75 Å². The molecule has 4 aromatic rings. The minimum Gasteiger partial charge on any atom is -0.494 e. The lowest BCUT2D eigenvalue weighted by atomic mass is 10.0. The summed E-state index contributed by atoms with van der Waals surface area (Å²) in [6.07, 6.45) is 6.38. The smallest absolute Gasteiger partial charge is 0.320 e. The summed E-state index contributed by atoms with van der Waals surface area (Å²) in [4.78, 5) is 28.0. The van der Waals surface area contributed by atoms with E-state index in [0.717, 1.165) is 65.0 Å². The number of thiophene rings is 1. The van der Waals surface area contributed by atoms with Crippen LogP contribution in [0.15, 0.2) is 24.7 Å². The largest absolute Gasteiger partial charge is 0.494 e. The minimum atomic E-state index is 0.160. The fourth-order valence-corrected chi connectivity index (χ4v) is 5.86. The van der Waals surface area contributed by atoms with Crippen LogP contribution < -0.4 is 10.1 Å². The number of carbonyl (C=O) groups is 1. The summed E-state index contributed by atoms with van der Waals surface area (Å²) in [6, 6.07) is 4.09. The third kappa shape index (κ3) is 3.13. The normalized spacial score (nSPS) is 16.0. The van der Waals surface area contributed by atoms with E-state index in [1.54, 1.807) is 31.0 Å². The summed E-state index contributed by atoms with van der Waals surface area (Å²) in [5.41, 5.74) is 2.97. The fraction of sp³-hybridized carbons (Fsp3) is 0.364. The number of nitrogens with one attached hydrogen (secondary N) is 2. The van der Waals surface area contributed by atoms with Crippen molar-refractivity contribution >= 4 is 50.0 Å². The van der Waals surface area contributed by atoms with Crippen LogP contribution in [0.25, 0.3) is 21.1 Å². The van der Waals surface area contributed by atoms with Gasteiger partial charge in [0.25, 0.3) is 0 Å². The van der Waals surface area contributed by atoms with Crippen LogP contribution >= 0.6 is 11.3 Å². The summed E-state index contributed by atoms with van der Waals surface area (Å²) in [5.74, 6) is 1.47. The first-order valence-corrected chi connectivity index (χ1v) is 11.6. The van der Waals surface area contributed by atoms with Crippen molar-refractivity contribution in [1.29, 1.82) is 0 Å². The van der Waals surface area contributed by atoms with E-state index in [1.807, 2.05) is 21.9 Å². The molecule has 0 bridgehead atoms. The Morgan fingerprint density at radius 2 is 2.06 bits per heavy atom. The number of hydrogen-bond donors (Lipinski definition) is 2. The highest BCUT2D eigenvalue weighted by Crippen LogP contribution is 2.40. The summed E-state index contributed by atoms with van der Waals surface area (Å²) >= 11 is 1.65. The maximum atomic E-state index is 12.9. The first-order chi connectivity index (χ1) is 15.7. The average molecular weight is 450 g/mol. The molecule has 1 saturated heterocycles. The molecule has 0 radical (unpaired) electrons. The molecule has 0 saturated carbocycles. The predicted octanol–water partition coefficient (Wildman–Crippen LogP) is 3.89. The third-order valence-electron chi connectivity index (χ3n) is 6.30. The van der Waals surface area contributed by atoms with E-state index >= 15 is 0 Å². The molecule has 1 fully saturated rings. The predicted molar refractivity (Wildman–Crippen MR) is 124 cm³/mol. The summed E-state index contributed by atoms with van der Waals surface area (Å²) in [7, 11) is 1.65. The van der Waals surface area contributed by atoms with Gasteiger partial charge in [-0.3, -0.25) is 5.10 Å². The van der Waals surface area contributed by atoms with Crippen molar-refractivity contribution in [3.05, 3.63) is 35.1 Å². The van der Waals surface area contributed by atoms with Crippen LogP contribution in [-0.2, 0) is 13.0 Å². The van der Waals surface area contributed by atoms with Gasteiger partial charge < -0.3 is 19.9 Å². The molecular weight excluding hydrogens is 426 g/mol. The van der Waals surface area contributed by atoms with Crippen molar-refractivity contribution in [2.24, 2.45) is 0 Å². The van der Waals surface area contributed by atoms with Crippen molar-refractivity contribution < 1.29 is 9.53 Å². The van der Waals surface area contributed by atoms with Crippen molar-refractivity contribution in [2.45, 2.75) is 25.8 Å². The van der Waals surface area contributed by atoms with Crippen LogP contribution in [0.4, 0.5) is 16.3 Å². The van der Waals surface area contributed by atoms with Gasteiger partial charge in [-0.25, -0.2) is 14.8 Å². The number of carbonyl (C=O) groups excluding carboxylic acids is 1. The summed E-state index contributed by atoms with van der Waals surface area (Å²) < 4.78 is 5.59. The van der Waals surface area contributed by atoms with Gasteiger partial charge in [-0.2, -0.15) is 5.10 Å². The number of nitrogens with zero attached hydrogens (tertiary/aromatic N) is 5. The molecule has 2 aliphatic heterocycles. The Morgan fingerprint density at radius 3 is 2.91 bits per heavy atom. The number of hydrogen-bond acceptors (Lipinski definition) is 7. The van der Waals surface area contributed by atoms with E-state index in [1.165, 1.54) is 10.4 Å². The third-order valence-corrected chi connectivity index (χ3v) is 7.42. The van der Waals surface area contributed by atoms with Crippen LogP contribution in [0.5, 0.6) is 5.75 Å². The Bertz CT molecular complexity index is 1320. The lowest BCUT2D eigenvalue weighted by Crippen LogP contribution is -2.43. The van der Waals surface area contributed by atoms with Crippen LogP contribution in [-0.4, -0.2) is 62.7 Å². The Labute approximate surface area is 188 Å². The first kappa shape index (κ1) is 19.3. The average Bonchev–Trinajstić information content (AvgIpc) is 3.56. The lowest BCUT2D eigenvalue weighted by molar-refractivity contribution is 0.158. The molecule has 2 aliphatic rings. The monoisotopic (exact) mass is 449 g/mol.